The van der Waals surface area contributed by atoms with E-state index < -0.39 is 0 Å². The van der Waals surface area contributed by atoms with Crippen molar-refractivity contribution < 1.29 is 14.3 Å². The van der Waals surface area contributed by atoms with Crippen LogP contribution >= 0.6 is 0 Å². The van der Waals surface area contributed by atoms with Gasteiger partial charge in [-0.2, -0.15) is 5.10 Å². The molecule has 9 nitrogen and oxygen atoms in total. The number of aromatic nitrogens is 4. The molecule has 0 aliphatic carbocycles. The summed E-state index contributed by atoms with van der Waals surface area (Å²) in [5.74, 6) is 2.06. The van der Waals surface area contributed by atoms with E-state index in [1.807, 2.05) is 36.2 Å². The summed E-state index contributed by atoms with van der Waals surface area (Å²) in [6.07, 6.45) is 3.46. The van der Waals surface area contributed by atoms with Crippen LogP contribution in [0.4, 0.5) is 5.95 Å². The van der Waals surface area contributed by atoms with Crippen LogP contribution in [0.2, 0.25) is 0 Å². The molecule has 4 heterocycles. The van der Waals surface area contributed by atoms with Crippen LogP contribution in [0.5, 0.6) is 11.5 Å². The first-order valence-electron chi connectivity index (χ1n) is 9.44. The Morgan fingerprint density at radius 2 is 1.76 bits per heavy atom. The first-order chi connectivity index (χ1) is 14.2. The number of hydrogen-bond acceptors (Lipinski definition) is 7. The van der Waals surface area contributed by atoms with Gasteiger partial charge in [0.1, 0.15) is 0 Å². The molecule has 2 aromatic heterocycles. The minimum absolute atomic E-state index is 0.0683. The number of nitrogens with zero attached hydrogens (tertiary/aromatic N) is 6. The molecule has 1 amide bonds. The highest BCUT2D eigenvalue weighted by Crippen LogP contribution is 2.36. The molecule has 0 spiro atoms. The molecule has 1 aromatic carbocycles. The molecule has 29 heavy (non-hydrogen) atoms. The molecule has 0 bridgehead atoms. The number of hydrogen-bond donors (Lipinski definition) is 0. The predicted octanol–water partition coefficient (Wildman–Crippen LogP) is 1.57. The molecule has 0 unspecified atom stereocenters. The van der Waals surface area contributed by atoms with Gasteiger partial charge >= 0.3 is 0 Å². The van der Waals surface area contributed by atoms with E-state index in [0.29, 0.717) is 43.6 Å². The number of fused-ring (bicyclic) bond motifs is 1. The smallest absolute Gasteiger partial charge is 0.274 e. The molecule has 0 saturated carbocycles. The molecule has 5 rings (SSSR count). The Labute approximate surface area is 167 Å². The molecule has 0 N–H and O–H groups in total. The Bertz CT molecular complexity index is 1040. The quantitative estimate of drug-likeness (QED) is 0.669. The second kappa shape index (κ2) is 7.08. The molecule has 0 radical (unpaired) electrons. The zero-order chi connectivity index (χ0) is 19.8. The van der Waals surface area contributed by atoms with E-state index in [4.69, 9.17) is 9.47 Å². The summed E-state index contributed by atoms with van der Waals surface area (Å²) in [7, 11) is 1.83. The molecule has 1 fully saturated rings. The van der Waals surface area contributed by atoms with Crippen molar-refractivity contribution in [3.8, 4) is 22.8 Å². The van der Waals surface area contributed by atoms with Crippen LogP contribution in [0.1, 0.15) is 10.5 Å². The van der Waals surface area contributed by atoms with Gasteiger partial charge in [-0.3, -0.25) is 9.48 Å². The predicted molar refractivity (Wildman–Crippen MR) is 105 cm³/mol. The van der Waals surface area contributed by atoms with Gasteiger partial charge in [-0.15, -0.1) is 0 Å². The number of amides is 1. The number of benzene rings is 1. The molecular formula is C20H20N6O3. The maximum atomic E-state index is 13.0. The SMILES string of the molecule is Cn1nc(C(=O)N2CCN(c3ncccn3)CC2)cc1-c1ccc2c(c1)OCO2. The van der Waals surface area contributed by atoms with Gasteiger partial charge in [-0.1, -0.05) is 0 Å². The number of ether oxygens (including phenoxy) is 2. The highest BCUT2D eigenvalue weighted by atomic mass is 16.7. The standard InChI is InChI=1S/C20H20N6O3/c1-24-16(14-3-4-17-18(11-14)29-13-28-17)12-15(23-24)19(27)25-7-9-26(10-8-25)20-21-5-2-6-22-20/h2-6,11-12H,7-10,13H2,1H3. The van der Waals surface area contributed by atoms with Crippen LogP contribution in [0.3, 0.4) is 0 Å². The van der Waals surface area contributed by atoms with Crippen molar-refractivity contribution in [3.63, 3.8) is 0 Å². The molecule has 148 valence electrons. The summed E-state index contributed by atoms with van der Waals surface area (Å²) in [6.45, 7) is 2.82. The first-order valence-corrected chi connectivity index (χ1v) is 9.44. The van der Waals surface area contributed by atoms with Gasteiger partial charge in [0, 0.05) is 51.2 Å². The lowest BCUT2D eigenvalue weighted by Gasteiger charge is -2.34. The van der Waals surface area contributed by atoms with E-state index in [-0.39, 0.29) is 12.7 Å². The van der Waals surface area contributed by atoms with Gasteiger partial charge in [0.2, 0.25) is 12.7 Å². The third kappa shape index (κ3) is 3.24. The van der Waals surface area contributed by atoms with Gasteiger partial charge in [0.05, 0.1) is 5.69 Å². The van der Waals surface area contributed by atoms with Crippen LogP contribution in [0, 0.1) is 0 Å². The number of anilines is 1. The molecule has 2 aliphatic heterocycles. The summed E-state index contributed by atoms with van der Waals surface area (Å²) in [5.41, 5.74) is 2.21. The van der Waals surface area contributed by atoms with E-state index in [1.165, 1.54) is 0 Å². The summed E-state index contributed by atoms with van der Waals surface area (Å²) < 4.78 is 12.5. The molecular weight excluding hydrogens is 372 g/mol. The number of piperazine rings is 1. The molecule has 0 atom stereocenters. The normalized spacial score (nSPS) is 15.6. The average molecular weight is 392 g/mol. The monoisotopic (exact) mass is 392 g/mol. The highest BCUT2D eigenvalue weighted by molar-refractivity contribution is 5.93. The lowest BCUT2D eigenvalue weighted by atomic mass is 10.1. The Morgan fingerprint density at radius 1 is 1.00 bits per heavy atom. The number of aryl methyl sites for hydroxylation is 1. The Hall–Kier alpha value is -3.62. The minimum Gasteiger partial charge on any atom is -0.454 e. The van der Waals surface area contributed by atoms with Crippen LogP contribution in [0.25, 0.3) is 11.3 Å². The number of carbonyl (C=O) groups excluding carboxylic acids is 1. The zero-order valence-corrected chi connectivity index (χ0v) is 16.0. The highest BCUT2D eigenvalue weighted by Gasteiger charge is 2.26. The largest absolute Gasteiger partial charge is 0.454 e. The van der Waals surface area contributed by atoms with E-state index >= 15 is 0 Å². The van der Waals surface area contributed by atoms with E-state index in [9.17, 15) is 4.79 Å². The summed E-state index contributed by atoms with van der Waals surface area (Å²) in [5, 5.41) is 4.45. The van der Waals surface area contributed by atoms with Crippen molar-refractivity contribution >= 4 is 11.9 Å². The summed E-state index contributed by atoms with van der Waals surface area (Å²) >= 11 is 0. The van der Waals surface area contributed by atoms with Crippen molar-refractivity contribution in [2.45, 2.75) is 0 Å². The van der Waals surface area contributed by atoms with Gasteiger partial charge in [0.15, 0.2) is 17.2 Å². The second-order valence-corrected chi connectivity index (χ2v) is 6.93. The third-order valence-corrected chi connectivity index (χ3v) is 5.17. The topological polar surface area (TPSA) is 85.6 Å². The average Bonchev–Trinajstić information content (AvgIpc) is 3.40. The van der Waals surface area contributed by atoms with Crippen molar-refractivity contribution in [2.24, 2.45) is 7.05 Å². The van der Waals surface area contributed by atoms with Crippen molar-refractivity contribution in [1.82, 2.24) is 24.6 Å². The van der Waals surface area contributed by atoms with Crippen LogP contribution in [-0.2, 0) is 7.05 Å². The Kier molecular flexibility index (Phi) is 4.27. The minimum atomic E-state index is -0.0683. The van der Waals surface area contributed by atoms with E-state index in [1.54, 1.807) is 23.1 Å². The fourth-order valence-electron chi connectivity index (χ4n) is 3.62. The lowest BCUT2D eigenvalue weighted by molar-refractivity contribution is 0.0739. The van der Waals surface area contributed by atoms with Crippen LogP contribution in [-0.4, -0.2) is 63.5 Å². The maximum Gasteiger partial charge on any atom is 0.274 e. The van der Waals surface area contributed by atoms with Gasteiger partial charge in [-0.05, 0) is 30.3 Å². The van der Waals surface area contributed by atoms with Crippen LogP contribution in [0.15, 0.2) is 42.7 Å². The van der Waals surface area contributed by atoms with Crippen molar-refractivity contribution in [3.05, 3.63) is 48.4 Å². The second-order valence-electron chi connectivity index (χ2n) is 6.93. The lowest BCUT2D eigenvalue weighted by Crippen LogP contribution is -2.49. The first kappa shape index (κ1) is 17.5. The van der Waals surface area contributed by atoms with Gasteiger partial charge < -0.3 is 19.3 Å². The van der Waals surface area contributed by atoms with Crippen LogP contribution < -0.4 is 14.4 Å². The number of rotatable bonds is 3. The zero-order valence-electron chi connectivity index (χ0n) is 16.0. The Morgan fingerprint density at radius 3 is 2.55 bits per heavy atom. The molecule has 3 aromatic rings. The fraction of sp³-hybridized carbons (Fsp3) is 0.300. The third-order valence-electron chi connectivity index (χ3n) is 5.17. The van der Waals surface area contributed by atoms with E-state index in [2.05, 4.69) is 20.0 Å². The maximum absolute atomic E-state index is 13.0. The summed E-state index contributed by atoms with van der Waals surface area (Å²) in [6, 6.07) is 9.34. The molecule has 2 aliphatic rings. The van der Waals surface area contributed by atoms with Gasteiger partial charge in [0.25, 0.3) is 5.91 Å². The molecule has 1 saturated heterocycles. The van der Waals surface area contributed by atoms with Gasteiger partial charge in [-0.25, -0.2) is 9.97 Å². The Balaban J connectivity index is 1.31. The fourth-order valence-corrected chi connectivity index (χ4v) is 3.62. The number of carbonyl (C=O) groups is 1. The van der Waals surface area contributed by atoms with Crippen molar-refractivity contribution in [2.75, 3.05) is 37.9 Å². The van der Waals surface area contributed by atoms with Crippen molar-refractivity contribution in [1.29, 1.82) is 0 Å². The van der Waals surface area contributed by atoms with E-state index in [0.717, 1.165) is 17.0 Å². The molecule has 9 heteroatoms. The summed E-state index contributed by atoms with van der Waals surface area (Å²) in [4.78, 5) is 25.5.